The zero-order valence-electron chi connectivity index (χ0n) is 7.04. The monoisotopic (exact) mass is 197 g/mol. The molecule has 0 saturated carbocycles. The van der Waals surface area contributed by atoms with Crippen molar-refractivity contribution < 1.29 is 0 Å². The average Bonchev–Trinajstić information content (AvgIpc) is 2.47. The second-order valence-corrected chi connectivity index (χ2v) is 3.09. The number of pyridine rings is 1. The van der Waals surface area contributed by atoms with Gasteiger partial charge >= 0.3 is 0 Å². The van der Waals surface area contributed by atoms with Crippen LogP contribution in [0.4, 0.5) is 0 Å². The SMILES string of the molecule is Cn1ncc2c(CCl)cc(=O)[nH]c21. The normalized spacial score (nSPS) is 10.9. The minimum absolute atomic E-state index is 0.147. The van der Waals surface area contributed by atoms with Crippen molar-refractivity contribution in [2.75, 3.05) is 0 Å². The summed E-state index contributed by atoms with van der Waals surface area (Å²) in [7, 11) is 1.77. The van der Waals surface area contributed by atoms with E-state index in [4.69, 9.17) is 11.6 Å². The van der Waals surface area contributed by atoms with Crippen molar-refractivity contribution in [3.63, 3.8) is 0 Å². The van der Waals surface area contributed by atoms with Gasteiger partial charge in [0.25, 0.3) is 0 Å². The van der Waals surface area contributed by atoms with E-state index in [1.54, 1.807) is 17.9 Å². The molecule has 2 rings (SSSR count). The molecule has 0 aromatic carbocycles. The standard InChI is InChI=1S/C8H8ClN3O/c1-12-8-6(4-10-12)5(3-9)2-7(13)11-8/h2,4H,3H2,1H3,(H,11,13). The summed E-state index contributed by atoms with van der Waals surface area (Å²) in [6.45, 7) is 0. The zero-order chi connectivity index (χ0) is 9.42. The van der Waals surface area contributed by atoms with Crippen molar-refractivity contribution in [1.82, 2.24) is 14.8 Å². The summed E-state index contributed by atoms with van der Waals surface area (Å²) in [6.07, 6.45) is 1.70. The van der Waals surface area contributed by atoms with Gasteiger partial charge in [-0.15, -0.1) is 11.6 Å². The third-order valence-corrected chi connectivity index (χ3v) is 2.26. The topological polar surface area (TPSA) is 50.7 Å². The highest BCUT2D eigenvalue weighted by Crippen LogP contribution is 2.14. The predicted molar refractivity (Wildman–Crippen MR) is 50.9 cm³/mol. The first-order valence-electron chi connectivity index (χ1n) is 3.82. The number of aromatic amines is 1. The Morgan fingerprint density at radius 3 is 3.15 bits per heavy atom. The van der Waals surface area contributed by atoms with E-state index in [-0.39, 0.29) is 5.56 Å². The van der Waals surface area contributed by atoms with Crippen molar-refractivity contribution in [2.45, 2.75) is 5.88 Å². The van der Waals surface area contributed by atoms with E-state index in [2.05, 4.69) is 10.1 Å². The van der Waals surface area contributed by atoms with Crippen molar-refractivity contribution in [1.29, 1.82) is 0 Å². The summed E-state index contributed by atoms with van der Waals surface area (Å²) in [6, 6.07) is 1.50. The molecule has 0 saturated heterocycles. The van der Waals surface area contributed by atoms with Crippen LogP contribution in [-0.2, 0) is 12.9 Å². The van der Waals surface area contributed by atoms with Crippen LogP contribution in [0.15, 0.2) is 17.1 Å². The third kappa shape index (κ3) is 1.23. The molecule has 5 heteroatoms. The van der Waals surface area contributed by atoms with Crippen LogP contribution in [0.3, 0.4) is 0 Å². The predicted octanol–water partition coefficient (Wildman–Crippen LogP) is 1.00. The highest BCUT2D eigenvalue weighted by molar-refractivity contribution is 6.17. The van der Waals surface area contributed by atoms with Gasteiger partial charge in [-0.2, -0.15) is 5.10 Å². The molecular weight excluding hydrogens is 190 g/mol. The number of nitrogens with one attached hydrogen (secondary N) is 1. The molecule has 68 valence electrons. The Morgan fingerprint density at radius 1 is 1.69 bits per heavy atom. The number of alkyl halides is 1. The molecule has 4 nitrogen and oxygen atoms in total. The third-order valence-electron chi connectivity index (χ3n) is 1.98. The van der Waals surface area contributed by atoms with E-state index in [1.807, 2.05) is 0 Å². The highest BCUT2D eigenvalue weighted by atomic mass is 35.5. The number of rotatable bonds is 1. The number of aryl methyl sites for hydroxylation is 1. The lowest BCUT2D eigenvalue weighted by Gasteiger charge is -1.97. The van der Waals surface area contributed by atoms with E-state index in [0.29, 0.717) is 11.5 Å². The maximum atomic E-state index is 11.2. The molecule has 0 aliphatic rings. The highest BCUT2D eigenvalue weighted by Gasteiger charge is 2.05. The summed E-state index contributed by atoms with van der Waals surface area (Å²) in [4.78, 5) is 13.9. The van der Waals surface area contributed by atoms with E-state index in [9.17, 15) is 4.79 Å². The average molecular weight is 198 g/mol. The first kappa shape index (κ1) is 8.31. The summed E-state index contributed by atoms with van der Waals surface area (Å²) in [5.41, 5.74) is 1.38. The van der Waals surface area contributed by atoms with Crippen LogP contribution in [0.1, 0.15) is 5.56 Å². The molecular formula is C8H8ClN3O. The number of hydrogen-bond donors (Lipinski definition) is 1. The quantitative estimate of drug-likeness (QED) is 0.694. The van der Waals surface area contributed by atoms with E-state index in [0.717, 1.165) is 10.9 Å². The van der Waals surface area contributed by atoms with Crippen molar-refractivity contribution in [3.8, 4) is 0 Å². The largest absolute Gasteiger partial charge is 0.307 e. The lowest BCUT2D eigenvalue weighted by atomic mass is 10.2. The molecule has 0 amide bonds. The van der Waals surface area contributed by atoms with Crippen LogP contribution >= 0.6 is 11.6 Å². The molecule has 2 heterocycles. The molecule has 0 spiro atoms. The number of aromatic nitrogens is 3. The van der Waals surface area contributed by atoms with Crippen LogP contribution in [0.5, 0.6) is 0 Å². The van der Waals surface area contributed by atoms with Crippen LogP contribution in [0.2, 0.25) is 0 Å². The maximum Gasteiger partial charge on any atom is 0.249 e. The smallest absolute Gasteiger partial charge is 0.249 e. The van der Waals surface area contributed by atoms with Crippen LogP contribution < -0.4 is 5.56 Å². The summed E-state index contributed by atoms with van der Waals surface area (Å²) in [5, 5.41) is 4.93. The molecule has 0 radical (unpaired) electrons. The van der Waals surface area contributed by atoms with Crippen LogP contribution in [-0.4, -0.2) is 14.8 Å². The van der Waals surface area contributed by atoms with Crippen molar-refractivity contribution in [3.05, 3.63) is 28.2 Å². The van der Waals surface area contributed by atoms with Gasteiger partial charge in [-0.25, -0.2) is 0 Å². The molecule has 2 aromatic rings. The molecule has 0 fully saturated rings. The van der Waals surface area contributed by atoms with Crippen molar-refractivity contribution in [2.24, 2.45) is 7.05 Å². The van der Waals surface area contributed by atoms with Gasteiger partial charge in [-0.05, 0) is 5.56 Å². The second-order valence-electron chi connectivity index (χ2n) is 2.82. The van der Waals surface area contributed by atoms with Gasteiger partial charge in [-0.1, -0.05) is 0 Å². The Labute approximate surface area is 79.1 Å². The minimum Gasteiger partial charge on any atom is -0.307 e. The Kier molecular flexibility index (Phi) is 1.84. The van der Waals surface area contributed by atoms with Gasteiger partial charge in [0.1, 0.15) is 5.65 Å². The molecule has 0 bridgehead atoms. The lowest BCUT2D eigenvalue weighted by molar-refractivity contribution is 0.785. The summed E-state index contributed by atoms with van der Waals surface area (Å²) in [5.74, 6) is 0.326. The number of nitrogens with zero attached hydrogens (tertiary/aromatic N) is 2. The van der Waals surface area contributed by atoms with E-state index < -0.39 is 0 Å². The van der Waals surface area contributed by atoms with Crippen LogP contribution in [0.25, 0.3) is 11.0 Å². The number of H-pyrrole nitrogens is 1. The van der Waals surface area contributed by atoms with E-state index >= 15 is 0 Å². The Bertz CT molecular complexity index is 500. The molecule has 13 heavy (non-hydrogen) atoms. The van der Waals surface area contributed by atoms with Crippen LogP contribution in [0, 0.1) is 0 Å². The summed E-state index contributed by atoms with van der Waals surface area (Å²) < 4.78 is 1.62. The van der Waals surface area contributed by atoms with Gasteiger partial charge in [0.05, 0.1) is 6.20 Å². The summed E-state index contributed by atoms with van der Waals surface area (Å²) >= 11 is 5.70. The van der Waals surface area contributed by atoms with Crippen molar-refractivity contribution >= 4 is 22.6 Å². The van der Waals surface area contributed by atoms with E-state index in [1.165, 1.54) is 6.07 Å². The molecule has 1 N–H and O–H groups in total. The Morgan fingerprint density at radius 2 is 2.46 bits per heavy atom. The first-order valence-corrected chi connectivity index (χ1v) is 4.35. The molecule has 0 aliphatic heterocycles. The van der Waals surface area contributed by atoms with Gasteiger partial charge in [0, 0.05) is 24.4 Å². The maximum absolute atomic E-state index is 11.2. The number of hydrogen-bond acceptors (Lipinski definition) is 2. The number of fused-ring (bicyclic) bond motifs is 1. The van der Waals surface area contributed by atoms with Gasteiger partial charge in [0.15, 0.2) is 0 Å². The fourth-order valence-corrected chi connectivity index (χ4v) is 1.54. The second kappa shape index (κ2) is 2.88. The first-order chi connectivity index (χ1) is 6.22. The van der Waals surface area contributed by atoms with Gasteiger partial charge in [0.2, 0.25) is 5.56 Å². The Hall–Kier alpha value is -1.29. The molecule has 0 atom stereocenters. The van der Waals surface area contributed by atoms with Gasteiger partial charge in [-0.3, -0.25) is 9.48 Å². The molecule has 0 aliphatic carbocycles. The molecule has 2 aromatic heterocycles. The minimum atomic E-state index is -0.147. The van der Waals surface area contributed by atoms with Gasteiger partial charge < -0.3 is 4.98 Å². The zero-order valence-corrected chi connectivity index (χ0v) is 7.80. The fraction of sp³-hybridized carbons (Fsp3) is 0.250. The fourth-order valence-electron chi connectivity index (χ4n) is 1.32. The lowest BCUT2D eigenvalue weighted by Crippen LogP contribution is -2.07. The number of halogens is 1. The molecule has 0 unspecified atom stereocenters. The Balaban J connectivity index is 2.92.